The van der Waals surface area contributed by atoms with Gasteiger partial charge in [0.15, 0.2) is 5.65 Å². The predicted octanol–water partition coefficient (Wildman–Crippen LogP) is 4.44. The highest BCUT2D eigenvalue weighted by molar-refractivity contribution is 6.18. The number of hydrogen-bond acceptors (Lipinski definition) is 5. The molecule has 6 rings (SSSR count). The number of nitrogens with two attached hydrogens (primary N) is 1. The van der Waals surface area contributed by atoms with Crippen LogP contribution in [0.3, 0.4) is 0 Å². The molecule has 1 aliphatic heterocycles. The number of anilines is 1. The second-order valence-corrected chi connectivity index (χ2v) is 9.46. The van der Waals surface area contributed by atoms with Gasteiger partial charge >= 0.3 is 0 Å². The largest absolute Gasteiger partial charge is 0.366 e. The van der Waals surface area contributed by atoms with Crippen molar-refractivity contribution >= 4 is 39.8 Å². The molecule has 0 saturated carbocycles. The number of likely N-dealkylation sites (tertiary alicyclic amines) is 1. The minimum Gasteiger partial charge on any atom is -0.366 e. The maximum Gasteiger partial charge on any atom is 0.255 e. The van der Waals surface area contributed by atoms with E-state index in [4.69, 9.17) is 10.8 Å². The van der Waals surface area contributed by atoms with Gasteiger partial charge in [-0.05, 0) is 49.1 Å². The topological polar surface area (TPSA) is 121 Å². The summed E-state index contributed by atoms with van der Waals surface area (Å²) < 4.78 is 1.76. The zero-order chi connectivity index (χ0) is 26.2. The molecule has 5 aromatic rings. The smallest absolute Gasteiger partial charge is 0.255 e. The number of amides is 2. The fraction of sp³-hybridized carbons (Fsp3) is 0.172. The van der Waals surface area contributed by atoms with Crippen LogP contribution in [0.25, 0.3) is 33.3 Å². The lowest BCUT2D eigenvalue weighted by Gasteiger charge is -2.36. The Morgan fingerprint density at radius 3 is 2.76 bits per heavy atom. The Morgan fingerprint density at radius 1 is 1.05 bits per heavy atom. The van der Waals surface area contributed by atoms with E-state index in [1.807, 2.05) is 41.6 Å². The minimum absolute atomic E-state index is 0.123. The van der Waals surface area contributed by atoms with Crippen LogP contribution >= 0.6 is 0 Å². The van der Waals surface area contributed by atoms with E-state index in [0.29, 0.717) is 23.5 Å². The van der Waals surface area contributed by atoms with Crippen LogP contribution in [0.4, 0.5) is 5.82 Å². The number of rotatable bonds is 6. The van der Waals surface area contributed by atoms with Gasteiger partial charge in [-0.2, -0.15) is 0 Å². The Balaban J connectivity index is 1.33. The average Bonchev–Trinajstić information content (AvgIpc) is 3.59. The minimum atomic E-state index is -0.612. The fourth-order valence-electron chi connectivity index (χ4n) is 5.12. The summed E-state index contributed by atoms with van der Waals surface area (Å²) in [7, 11) is 0. The molecule has 1 atom stereocenters. The van der Waals surface area contributed by atoms with E-state index in [1.165, 1.54) is 0 Å². The summed E-state index contributed by atoms with van der Waals surface area (Å²) in [5, 5.41) is 9.35. The third-order valence-electron chi connectivity index (χ3n) is 7.07. The molecule has 9 nitrogen and oxygen atoms in total. The molecule has 0 spiro atoms. The summed E-state index contributed by atoms with van der Waals surface area (Å²) >= 11 is 0. The van der Waals surface area contributed by atoms with E-state index in [9.17, 15) is 9.59 Å². The highest BCUT2D eigenvalue weighted by Crippen LogP contribution is 2.33. The van der Waals surface area contributed by atoms with Crippen molar-refractivity contribution in [3.8, 4) is 11.1 Å². The van der Waals surface area contributed by atoms with E-state index < -0.39 is 5.91 Å². The molecular formula is C29H27N7O2. The number of hydrogen-bond donors (Lipinski definition) is 3. The molecule has 1 unspecified atom stereocenters. The van der Waals surface area contributed by atoms with Crippen molar-refractivity contribution in [3.05, 3.63) is 90.9 Å². The van der Waals surface area contributed by atoms with Crippen LogP contribution in [-0.4, -0.2) is 49.0 Å². The maximum absolute atomic E-state index is 13.6. The Morgan fingerprint density at radius 2 is 1.89 bits per heavy atom. The predicted molar refractivity (Wildman–Crippen MR) is 147 cm³/mol. The van der Waals surface area contributed by atoms with Crippen molar-refractivity contribution < 1.29 is 9.59 Å². The highest BCUT2D eigenvalue weighted by Gasteiger charge is 2.28. The molecule has 4 heterocycles. The van der Waals surface area contributed by atoms with Gasteiger partial charge in [0.05, 0.1) is 0 Å². The van der Waals surface area contributed by atoms with E-state index in [1.54, 1.807) is 35.0 Å². The number of nitrogens with zero attached hydrogens (tertiary/aromatic N) is 4. The van der Waals surface area contributed by atoms with E-state index in [0.717, 1.165) is 46.9 Å². The fourth-order valence-corrected chi connectivity index (χ4v) is 5.12. The number of H-pyrrole nitrogens is 1. The molecule has 0 bridgehead atoms. The first-order chi connectivity index (χ1) is 18.5. The molecule has 0 radical (unpaired) electrons. The van der Waals surface area contributed by atoms with Gasteiger partial charge in [0, 0.05) is 58.3 Å². The van der Waals surface area contributed by atoms with Gasteiger partial charge < -0.3 is 20.9 Å². The standard InChI is InChI=1S/C29H27N7O2/c1-18(27(30)37)19-7-6-8-20(15-19)29(38)35-13-5-4-11-26(35)33-25-16-22(28-31-12-14-36(28)34-25)23-17-32-24-10-3-2-9-21(23)24/h2-3,6-10,12,14-17,26,32H,1,4-5,11,13H2,(H2,30,37)(H,33,34). The molecule has 4 N–H and O–H groups in total. The van der Waals surface area contributed by atoms with Crippen LogP contribution in [0.15, 0.2) is 79.8 Å². The van der Waals surface area contributed by atoms with Crippen LogP contribution in [0, 0.1) is 0 Å². The van der Waals surface area contributed by atoms with Crippen molar-refractivity contribution in [2.75, 3.05) is 11.9 Å². The molecule has 3 aromatic heterocycles. The Labute approximate surface area is 219 Å². The van der Waals surface area contributed by atoms with Crippen molar-refractivity contribution in [2.45, 2.75) is 25.4 Å². The summed E-state index contributed by atoms with van der Waals surface area (Å²) in [6, 6.07) is 17.0. The number of carbonyl (C=O) groups excluding carboxylic acids is 2. The molecule has 38 heavy (non-hydrogen) atoms. The molecule has 190 valence electrons. The van der Waals surface area contributed by atoms with E-state index in [-0.39, 0.29) is 17.6 Å². The van der Waals surface area contributed by atoms with Gasteiger partial charge in [-0.15, -0.1) is 5.10 Å². The second-order valence-electron chi connectivity index (χ2n) is 9.46. The third kappa shape index (κ3) is 4.17. The first-order valence-corrected chi connectivity index (χ1v) is 12.6. The van der Waals surface area contributed by atoms with Crippen LogP contribution in [-0.2, 0) is 4.79 Å². The number of aromatic amines is 1. The zero-order valence-corrected chi connectivity index (χ0v) is 20.7. The number of imidazole rings is 1. The van der Waals surface area contributed by atoms with Crippen LogP contribution < -0.4 is 11.1 Å². The van der Waals surface area contributed by atoms with Crippen molar-refractivity contribution in [1.82, 2.24) is 24.5 Å². The Kier molecular flexibility index (Phi) is 5.88. The summed E-state index contributed by atoms with van der Waals surface area (Å²) in [5.74, 6) is -0.0858. The number of aromatic nitrogens is 4. The molecule has 2 amide bonds. The summed E-state index contributed by atoms with van der Waals surface area (Å²) in [4.78, 5) is 34.9. The summed E-state index contributed by atoms with van der Waals surface area (Å²) in [5.41, 5.74) is 10.4. The lowest BCUT2D eigenvalue weighted by Crippen LogP contribution is -2.48. The van der Waals surface area contributed by atoms with Gasteiger partial charge in [-0.3, -0.25) is 9.59 Å². The number of piperidine rings is 1. The average molecular weight is 506 g/mol. The molecule has 1 aliphatic rings. The van der Waals surface area contributed by atoms with E-state index in [2.05, 4.69) is 27.9 Å². The first-order valence-electron chi connectivity index (χ1n) is 12.6. The molecular weight excluding hydrogens is 478 g/mol. The molecule has 0 aliphatic carbocycles. The molecule has 1 saturated heterocycles. The molecule has 9 heteroatoms. The second kappa shape index (κ2) is 9.51. The molecule has 1 fully saturated rings. The number of fused-ring (bicyclic) bond motifs is 2. The number of carbonyl (C=O) groups is 2. The summed E-state index contributed by atoms with van der Waals surface area (Å²) in [6.07, 6.45) is 7.97. The number of primary amides is 1. The van der Waals surface area contributed by atoms with Gasteiger partial charge in [0.25, 0.3) is 5.91 Å². The Hall–Kier alpha value is -4.92. The highest BCUT2D eigenvalue weighted by atomic mass is 16.2. The van der Waals surface area contributed by atoms with Crippen molar-refractivity contribution in [3.63, 3.8) is 0 Å². The maximum atomic E-state index is 13.6. The number of nitrogens with one attached hydrogen (secondary N) is 2. The lowest BCUT2D eigenvalue weighted by atomic mass is 10.0. The van der Waals surface area contributed by atoms with Crippen LogP contribution in [0.5, 0.6) is 0 Å². The summed E-state index contributed by atoms with van der Waals surface area (Å²) in [6.45, 7) is 4.36. The normalized spacial score (nSPS) is 15.6. The zero-order valence-electron chi connectivity index (χ0n) is 20.7. The monoisotopic (exact) mass is 505 g/mol. The first kappa shape index (κ1) is 23.5. The number of para-hydroxylation sites is 1. The quantitative estimate of drug-likeness (QED) is 0.295. The van der Waals surface area contributed by atoms with E-state index >= 15 is 0 Å². The van der Waals surface area contributed by atoms with Gasteiger partial charge in [0.2, 0.25) is 5.91 Å². The van der Waals surface area contributed by atoms with Gasteiger partial charge in [-0.1, -0.05) is 36.9 Å². The van der Waals surface area contributed by atoms with Gasteiger partial charge in [-0.25, -0.2) is 9.50 Å². The Bertz CT molecular complexity index is 1700. The molecule has 2 aromatic carbocycles. The van der Waals surface area contributed by atoms with Crippen LogP contribution in [0.1, 0.15) is 35.2 Å². The van der Waals surface area contributed by atoms with Crippen LogP contribution in [0.2, 0.25) is 0 Å². The van der Waals surface area contributed by atoms with Crippen molar-refractivity contribution in [1.29, 1.82) is 0 Å². The van der Waals surface area contributed by atoms with Crippen molar-refractivity contribution in [2.24, 2.45) is 5.73 Å². The third-order valence-corrected chi connectivity index (χ3v) is 7.07. The SMILES string of the molecule is C=C(C(N)=O)c1cccc(C(=O)N2CCCCC2Nc2cc(-c3c[nH]c4ccccc34)c3nccn3n2)c1. The van der Waals surface area contributed by atoms with Gasteiger partial charge in [0.1, 0.15) is 12.0 Å². The lowest BCUT2D eigenvalue weighted by molar-refractivity contribution is -0.112. The number of benzene rings is 2.